The maximum Gasteiger partial charge on any atom is 0.129 e. The van der Waals surface area contributed by atoms with Crippen molar-refractivity contribution in [2.24, 2.45) is 5.73 Å². The van der Waals surface area contributed by atoms with E-state index in [2.05, 4.69) is 0 Å². The molecular formula is C10H13ClN2O. The highest BCUT2D eigenvalue weighted by atomic mass is 35.5. The zero-order valence-electron chi connectivity index (χ0n) is 7.76. The number of amidine groups is 1. The molecule has 3 nitrogen and oxygen atoms in total. The Kier molecular flexibility index (Phi) is 3.77. The lowest BCUT2D eigenvalue weighted by molar-refractivity contribution is 0.466. The number of nitrogens with one attached hydrogen (secondary N) is 1. The topological polar surface area (TPSA) is 70.1 Å². The van der Waals surface area contributed by atoms with Crippen molar-refractivity contribution >= 4 is 17.4 Å². The lowest BCUT2D eigenvalue weighted by Crippen LogP contribution is -2.11. The van der Waals surface area contributed by atoms with Crippen LogP contribution < -0.4 is 5.73 Å². The van der Waals surface area contributed by atoms with E-state index in [4.69, 9.17) is 22.7 Å². The number of phenolic OH excluding ortho intramolecular Hbond substituents is 1. The molecular weight excluding hydrogens is 200 g/mol. The lowest BCUT2D eigenvalue weighted by Gasteiger charge is -2.07. The lowest BCUT2D eigenvalue weighted by atomic mass is 10.0. The number of nitrogens with two attached hydrogens (primary N) is 1. The van der Waals surface area contributed by atoms with E-state index >= 15 is 0 Å². The highest BCUT2D eigenvalue weighted by Gasteiger charge is 2.08. The van der Waals surface area contributed by atoms with Crippen molar-refractivity contribution in [3.05, 3.63) is 29.3 Å². The van der Waals surface area contributed by atoms with E-state index in [0.717, 1.165) is 12.0 Å². The highest BCUT2D eigenvalue weighted by molar-refractivity contribution is 6.17. The van der Waals surface area contributed by atoms with Crippen LogP contribution in [0.25, 0.3) is 0 Å². The first-order valence-electron chi connectivity index (χ1n) is 4.38. The maximum atomic E-state index is 9.72. The number of aromatic hydroxyl groups is 1. The number of para-hydroxylation sites is 1. The number of phenols is 1. The molecule has 0 spiro atoms. The highest BCUT2D eigenvalue weighted by Crippen LogP contribution is 2.23. The van der Waals surface area contributed by atoms with Gasteiger partial charge in [-0.05, 0) is 24.5 Å². The van der Waals surface area contributed by atoms with Gasteiger partial charge >= 0.3 is 0 Å². The zero-order chi connectivity index (χ0) is 10.6. The van der Waals surface area contributed by atoms with Gasteiger partial charge in [0.2, 0.25) is 0 Å². The van der Waals surface area contributed by atoms with E-state index in [0.29, 0.717) is 17.9 Å². The van der Waals surface area contributed by atoms with Crippen LogP contribution in [0.5, 0.6) is 5.75 Å². The number of hydrogen-bond acceptors (Lipinski definition) is 2. The van der Waals surface area contributed by atoms with Crippen molar-refractivity contribution in [1.29, 1.82) is 5.41 Å². The number of alkyl halides is 1. The molecule has 0 bridgehead atoms. The van der Waals surface area contributed by atoms with Crippen molar-refractivity contribution in [2.75, 3.05) is 5.88 Å². The molecule has 0 saturated heterocycles. The van der Waals surface area contributed by atoms with Gasteiger partial charge in [0.05, 0.1) is 5.56 Å². The predicted molar refractivity (Wildman–Crippen MR) is 58.2 cm³/mol. The summed E-state index contributed by atoms with van der Waals surface area (Å²) in [5, 5.41) is 17.0. The van der Waals surface area contributed by atoms with Gasteiger partial charge in [0.25, 0.3) is 0 Å². The van der Waals surface area contributed by atoms with Crippen molar-refractivity contribution in [3.63, 3.8) is 0 Å². The number of nitrogen functional groups attached to an aromatic ring is 1. The van der Waals surface area contributed by atoms with Gasteiger partial charge in [-0.15, -0.1) is 11.6 Å². The van der Waals surface area contributed by atoms with E-state index in [1.54, 1.807) is 12.1 Å². The van der Waals surface area contributed by atoms with E-state index in [9.17, 15) is 5.11 Å². The van der Waals surface area contributed by atoms with Crippen molar-refractivity contribution in [2.45, 2.75) is 12.8 Å². The molecule has 0 aliphatic heterocycles. The molecule has 14 heavy (non-hydrogen) atoms. The number of halogens is 1. The van der Waals surface area contributed by atoms with Crippen LogP contribution in [0.2, 0.25) is 0 Å². The Hall–Kier alpha value is -1.22. The van der Waals surface area contributed by atoms with E-state index in [-0.39, 0.29) is 11.6 Å². The van der Waals surface area contributed by atoms with Gasteiger partial charge in [0, 0.05) is 5.88 Å². The zero-order valence-corrected chi connectivity index (χ0v) is 8.51. The minimum absolute atomic E-state index is 0.102. The second kappa shape index (κ2) is 4.86. The fraction of sp³-hybridized carbons (Fsp3) is 0.300. The predicted octanol–water partition coefficient (Wildman–Crippen LogP) is 1.85. The molecule has 4 N–H and O–H groups in total. The summed E-state index contributed by atoms with van der Waals surface area (Å²) in [6.07, 6.45) is 1.51. The largest absolute Gasteiger partial charge is 0.507 e. The van der Waals surface area contributed by atoms with Crippen molar-refractivity contribution in [3.8, 4) is 5.75 Å². The first-order valence-corrected chi connectivity index (χ1v) is 4.91. The molecule has 0 saturated carbocycles. The van der Waals surface area contributed by atoms with Crippen LogP contribution in [-0.4, -0.2) is 16.8 Å². The summed E-state index contributed by atoms with van der Waals surface area (Å²) in [4.78, 5) is 0. The third-order valence-electron chi connectivity index (χ3n) is 1.99. The molecule has 0 heterocycles. The van der Waals surface area contributed by atoms with Gasteiger partial charge in [-0.2, -0.15) is 0 Å². The summed E-state index contributed by atoms with van der Waals surface area (Å²) in [5.41, 5.74) is 6.49. The summed E-state index contributed by atoms with van der Waals surface area (Å²) in [6.45, 7) is 0. The quantitative estimate of drug-likeness (QED) is 0.405. The van der Waals surface area contributed by atoms with E-state index in [1.807, 2.05) is 6.07 Å². The summed E-state index contributed by atoms with van der Waals surface area (Å²) in [5.74, 6) is 0.546. The fourth-order valence-corrected chi connectivity index (χ4v) is 1.40. The molecule has 0 fully saturated rings. The standard InChI is InChI=1S/C10H13ClN2O/c11-6-2-4-7-3-1-5-8(9(7)14)10(12)13/h1,3,5,14H,2,4,6H2,(H3,12,13). The molecule has 0 unspecified atom stereocenters. The third-order valence-corrected chi connectivity index (χ3v) is 2.26. The minimum atomic E-state index is -0.116. The smallest absolute Gasteiger partial charge is 0.129 e. The average Bonchev–Trinajstić information content (AvgIpc) is 2.16. The van der Waals surface area contributed by atoms with Crippen molar-refractivity contribution < 1.29 is 5.11 Å². The normalized spacial score (nSPS) is 10.1. The molecule has 0 aromatic heterocycles. The monoisotopic (exact) mass is 212 g/mol. The molecule has 76 valence electrons. The van der Waals surface area contributed by atoms with Crippen LogP contribution in [0, 0.1) is 5.41 Å². The minimum Gasteiger partial charge on any atom is -0.507 e. The molecule has 0 aliphatic rings. The molecule has 0 atom stereocenters. The summed E-state index contributed by atoms with van der Waals surface area (Å²) >= 11 is 5.56. The summed E-state index contributed by atoms with van der Waals surface area (Å²) < 4.78 is 0. The molecule has 0 radical (unpaired) electrons. The van der Waals surface area contributed by atoms with Crippen LogP contribution in [0.1, 0.15) is 17.5 Å². The van der Waals surface area contributed by atoms with Gasteiger partial charge in [-0.25, -0.2) is 0 Å². The first kappa shape index (κ1) is 10.9. The summed E-state index contributed by atoms with van der Waals surface area (Å²) in [7, 11) is 0. The average molecular weight is 213 g/mol. The molecule has 4 heteroatoms. The SMILES string of the molecule is N=C(N)c1cccc(CCCCl)c1O. The van der Waals surface area contributed by atoms with E-state index < -0.39 is 0 Å². The Labute approximate surface area is 88.0 Å². The number of rotatable bonds is 4. The number of aryl methyl sites for hydroxylation is 1. The van der Waals surface area contributed by atoms with E-state index in [1.165, 1.54) is 0 Å². The summed E-state index contributed by atoms with van der Waals surface area (Å²) in [6, 6.07) is 5.22. The molecule has 1 rings (SSSR count). The molecule has 0 amide bonds. The second-order valence-corrected chi connectivity index (χ2v) is 3.40. The van der Waals surface area contributed by atoms with Crippen LogP contribution in [0.4, 0.5) is 0 Å². The Bertz CT molecular complexity index is 339. The maximum absolute atomic E-state index is 9.72. The first-order chi connectivity index (χ1) is 6.66. The number of benzene rings is 1. The van der Waals surface area contributed by atoms with Crippen LogP contribution >= 0.6 is 11.6 Å². The third kappa shape index (κ3) is 2.39. The van der Waals surface area contributed by atoms with Crippen LogP contribution in [-0.2, 0) is 6.42 Å². The van der Waals surface area contributed by atoms with Crippen LogP contribution in [0.3, 0.4) is 0 Å². The second-order valence-electron chi connectivity index (χ2n) is 3.02. The van der Waals surface area contributed by atoms with Gasteiger partial charge in [-0.3, -0.25) is 5.41 Å². The van der Waals surface area contributed by atoms with Gasteiger partial charge in [-0.1, -0.05) is 12.1 Å². The Morgan fingerprint density at radius 1 is 1.50 bits per heavy atom. The molecule has 0 aliphatic carbocycles. The van der Waals surface area contributed by atoms with Crippen molar-refractivity contribution in [1.82, 2.24) is 0 Å². The van der Waals surface area contributed by atoms with Gasteiger partial charge in [0.15, 0.2) is 0 Å². The Balaban J connectivity index is 2.95. The molecule has 1 aromatic rings. The van der Waals surface area contributed by atoms with Gasteiger partial charge in [0.1, 0.15) is 11.6 Å². The Morgan fingerprint density at radius 3 is 2.79 bits per heavy atom. The Morgan fingerprint density at radius 2 is 2.21 bits per heavy atom. The van der Waals surface area contributed by atoms with Crippen LogP contribution in [0.15, 0.2) is 18.2 Å². The molecule has 1 aromatic carbocycles. The van der Waals surface area contributed by atoms with Gasteiger partial charge < -0.3 is 10.8 Å². The fourth-order valence-electron chi connectivity index (χ4n) is 1.27. The number of hydrogen-bond donors (Lipinski definition) is 3.